The van der Waals surface area contributed by atoms with Gasteiger partial charge in [-0.2, -0.15) is 11.8 Å². The van der Waals surface area contributed by atoms with Gasteiger partial charge in [0.25, 0.3) is 0 Å². The van der Waals surface area contributed by atoms with Crippen LogP contribution in [0.4, 0.5) is 0 Å². The molecular weight excluding hydrogens is 294 g/mol. The van der Waals surface area contributed by atoms with E-state index in [0.29, 0.717) is 0 Å². The third-order valence-electron chi connectivity index (χ3n) is 1.75. The largest absolute Gasteiger partial charge is 0.481 e. The van der Waals surface area contributed by atoms with Crippen LogP contribution in [0.2, 0.25) is 0 Å². The summed E-state index contributed by atoms with van der Waals surface area (Å²) in [4.78, 5) is 45.2. The van der Waals surface area contributed by atoms with Crippen molar-refractivity contribution in [2.75, 3.05) is 11.5 Å². The first-order valence-electron chi connectivity index (χ1n) is 4.45. The molecule has 17 heavy (non-hydrogen) atoms. The smallest absolute Gasteiger partial charge is 0.340 e. The second kappa shape index (κ2) is 6.89. The number of rotatable bonds is 8. The van der Waals surface area contributed by atoms with Crippen LogP contribution in [-0.2, 0) is 13.9 Å². The lowest BCUT2D eigenvalue weighted by atomic mass is 10.4. The molecule has 0 amide bonds. The van der Waals surface area contributed by atoms with Gasteiger partial charge in [-0.1, -0.05) is 0 Å². The summed E-state index contributed by atoms with van der Waals surface area (Å²) in [5, 5.41) is 6.31. The molecule has 0 aliphatic carbocycles. The van der Waals surface area contributed by atoms with Gasteiger partial charge in [0.05, 0.1) is 5.75 Å². The van der Waals surface area contributed by atoms with E-state index < -0.39 is 26.6 Å². The maximum Gasteiger partial charge on any atom is 0.340 e. The second-order valence-electron chi connectivity index (χ2n) is 3.25. The Hall–Kier alpha value is 0.120. The topological polar surface area (TPSA) is 152 Å². The lowest BCUT2D eigenvalue weighted by Gasteiger charge is -2.19. The highest BCUT2D eigenvalue weighted by Gasteiger charge is 2.42. The van der Waals surface area contributed by atoms with E-state index in [1.54, 1.807) is 0 Å². The highest BCUT2D eigenvalue weighted by Crippen LogP contribution is 2.61. The lowest BCUT2D eigenvalue weighted by molar-refractivity contribution is -0.133. The SMILES string of the molecule is O=C(O)CSCCCC(P(=O)(O)O)P(=O)(O)O. The Kier molecular flexibility index (Phi) is 6.94. The molecule has 0 unspecified atom stereocenters. The molecular formula is C6H14O8P2S. The molecule has 0 fully saturated rings. The van der Waals surface area contributed by atoms with E-state index in [-0.39, 0.29) is 24.3 Å². The molecule has 0 aromatic carbocycles. The summed E-state index contributed by atoms with van der Waals surface area (Å²) in [5.74, 6) is -0.907. The lowest BCUT2D eigenvalue weighted by Crippen LogP contribution is -2.10. The molecule has 0 spiro atoms. The molecule has 0 saturated carbocycles. The van der Waals surface area contributed by atoms with Crippen molar-refractivity contribution in [3.63, 3.8) is 0 Å². The molecule has 0 saturated heterocycles. The molecule has 5 N–H and O–H groups in total. The Balaban J connectivity index is 4.18. The summed E-state index contributed by atoms with van der Waals surface area (Å²) in [6.45, 7) is 0. The number of hydrogen-bond acceptors (Lipinski definition) is 4. The maximum atomic E-state index is 10.9. The Morgan fingerprint density at radius 2 is 1.59 bits per heavy atom. The third-order valence-corrected chi connectivity index (χ3v) is 6.66. The van der Waals surface area contributed by atoms with Crippen molar-refractivity contribution in [3.8, 4) is 0 Å². The van der Waals surface area contributed by atoms with Gasteiger partial charge in [-0.25, -0.2) is 0 Å². The van der Waals surface area contributed by atoms with Gasteiger partial charge in [0.15, 0.2) is 5.40 Å². The highest BCUT2D eigenvalue weighted by molar-refractivity contribution is 7.99. The van der Waals surface area contributed by atoms with Crippen LogP contribution in [0, 0.1) is 0 Å². The van der Waals surface area contributed by atoms with E-state index in [9.17, 15) is 13.9 Å². The van der Waals surface area contributed by atoms with Gasteiger partial charge in [-0.3, -0.25) is 13.9 Å². The van der Waals surface area contributed by atoms with Gasteiger partial charge in [-0.05, 0) is 18.6 Å². The van der Waals surface area contributed by atoms with E-state index in [1.165, 1.54) is 0 Å². The molecule has 0 heterocycles. The fourth-order valence-corrected chi connectivity index (χ4v) is 4.35. The summed E-state index contributed by atoms with van der Waals surface area (Å²) < 4.78 is 21.7. The minimum Gasteiger partial charge on any atom is -0.481 e. The van der Waals surface area contributed by atoms with E-state index in [0.717, 1.165) is 11.8 Å². The van der Waals surface area contributed by atoms with Crippen LogP contribution in [0.25, 0.3) is 0 Å². The molecule has 0 aromatic heterocycles. The molecule has 0 aromatic rings. The average Bonchev–Trinajstić information content (AvgIpc) is 2.05. The summed E-state index contributed by atoms with van der Waals surface area (Å²) in [6.07, 6.45) is -0.222. The molecule has 0 atom stereocenters. The molecule has 11 heteroatoms. The first kappa shape index (κ1) is 17.1. The Morgan fingerprint density at radius 1 is 1.12 bits per heavy atom. The average molecular weight is 308 g/mol. The maximum absolute atomic E-state index is 10.9. The van der Waals surface area contributed by atoms with Gasteiger partial charge in [0.1, 0.15) is 0 Å². The van der Waals surface area contributed by atoms with E-state index >= 15 is 0 Å². The zero-order valence-corrected chi connectivity index (χ0v) is 11.3. The van der Waals surface area contributed by atoms with E-state index in [1.807, 2.05) is 0 Å². The number of carbonyl (C=O) groups is 1. The van der Waals surface area contributed by atoms with Crippen LogP contribution in [-0.4, -0.2) is 47.6 Å². The summed E-state index contributed by atoms with van der Waals surface area (Å²) >= 11 is 1.02. The first-order valence-corrected chi connectivity index (χ1v) is 8.97. The quantitative estimate of drug-likeness (QED) is 0.314. The Labute approximate surface area is 102 Å². The zero-order chi connectivity index (χ0) is 13.7. The predicted octanol–water partition coefficient (Wildman–Crippen LogP) is 0.266. The molecule has 0 radical (unpaired) electrons. The second-order valence-corrected chi connectivity index (χ2v) is 8.36. The fraction of sp³-hybridized carbons (Fsp3) is 0.833. The normalized spacial score (nSPS) is 13.0. The third kappa shape index (κ3) is 7.94. The van der Waals surface area contributed by atoms with E-state index in [4.69, 9.17) is 24.7 Å². The van der Waals surface area contributed by atoms with Crippen molar-refractivity contribution >= 4 is 32.9 Å². The highest BCUT2D eigenvalue weighted by atomic mass is 32.2. The van der Waals surface area contributed by atoms with Crippen LogP contribution in [0.1, 0.15) is 12.8 Å². The van der Waals surface area contributed by atoms with Crippen molar-refractivity contribution < 1.29 is 38.6 Å². The Morgan fingerprint density at radius 3 is 1.94 bits per heavy atom. The monoisotopic (exact) mass is 308 g/mol. The van der Waals surface area contributed by atoms with E-state index in [2.05, 4.69) is 0 Å². The predicted molar refractivity (Wildman–Crippen MR) is 62.1 cm³/mol. The summed E-state index contributed by atoms with van der Waals surface area (Å²) in [5.41, 5.74) is 0. The van der Waals surface area contributed by atoms with Crippen LogP contribution < -0.4 is 0 Å². The number of carboxylic acid groups (broad SMARTS) is 1. The van der Waals surface area contributed by atoms with Crippen molar-refractivity contribution in [1.29, 1.82) is 0 Å². The number of thioether (sulfide) groups is 1. The van der Waals surface area contributed by atoms with Crippen molar-refractivity contribution in [2.45, 2.75) is 18.2 Å². The molecule has 102 valence electrons. The van der Waals surface area contributed by atoms with Gasteiger partial charge < -0.3 is 24.7 Å². The van der Waals surface area contributed by atoms with Crippen molar-refractivity contribution in [3.05, 3.63) is 0 Å². The first-order chi connectivity index (χ1) is 7.55. The molecule has 0 aliphatic heterocycles. The number of carboxylic acids is 1. The molecule has 0 aliphatic rings. The molecule has 0 bridgehead atoms. The number of hydrogen-bond donors (Lipinski definition) is 5. The fourth-order valence-electron chi connectivity index (χ4n) is 1.06. The van der Waals surface area contributed by atoms with Crippen molar-refractivity contribution in [2.24, 2.45) is 0 Å². The molecule has 8 nitrogen and oxygen atoms in total. The van der Waals surface area contributed by atoms with Crippen LogP contribution >= 0.6 is 27.0 Å². The Bertz CT molecular complexity index is 324. The van der Waals surface area contributed by atoms with Gasteiger partial charge in [0.2, 0.25) is 0 Å². The zero-order valence-electron chi connectivity index (χ0n) is 8.67. The minimum atomic E-state index is -4.85. The van der Waals surface area contributed by atoms with Crippen molar-refractivity contribution in [1.82, 2.24) is 0 Å². The van der Waals surface area contributed by atoms with Gasteiger partial charge in [0, 0.05) is 0 Å². The summed E-state index contributed by atoms with van der Waals surface area (Å²) in [7, 11) is -9.71. The van der Waals surface area contributed by atoms with Crippen LogP contribution in [0.5, 0.6) is 0 Å². The minimum absolute atomic E-state index is 0.124. The summed E-state index contributed by atoms with van der Waals surface area (Å²) in [6, 6.07) is 0. The van der Waals surface area contributed by atoms with Gasteiger partial charge >= 0.3 is 21.2 Å². The standard InChI is InChI=1S/C6H14O8P2S/c7-5(8)4-17-3-1-2-6(15(9,10)11)16(12,13)14/h6H,1-4H2,(H,7,8)(H2,9,10,11)(H2,12,13,14). The van der Waals surface area contributed by atoms with Crippen LogP contribution in [0.15, 0.2) is 0 Å². The van der Waals surface area contributed by atoms with Gasteiger partial charge in [-0.15, -0.1) is 0 Å². The van der Waals surface area contributed by atoms with Crippen LogP contribution in [0.3, 0.4) is 0 Å². The number of aliphatic carboxylic acids is 1. The molecule has 0 rings (SSSR count).